The zero-order chi connectivity index (χ0) is 22.5. The lowest BCUT2D eigenvalue weighted by molar-refractivity contribution is -0.137. The lowest BCUT2D eigenvalue weighted by Gasteiger charge is -2.32. The number of fused-ring (bicyclic) bond motifs is 2. The Morgan fingerprint density at radius 2 is 1.72 bits per heavy atom. The van der Waals surface area contributed by atoms with Crippen LogP contribution < -0.4 is 0 Å². The van der Waals surface area contributed by atoms with Gasteiger partial charge in [-0.1, -0.05) is 6.92 Å². The molecule has 4 aromatic rings. The van der Waals surface area contributed by atoms with Crippen molar-refractivity contribution in [3.05, 3.63) is 71.4 Å². The number of imidazole rings is 1. The molecule has 0 spiro atoms. The van der Waals surface area contributed by atoms with Gasteiger partial charge in [0.15, 0.2) is 0 Å². The van der Waals surface area contributed by atoms with Crippen LogP contribution in [0.5, 0.6) is 0 Å². The SMILES string of the molecule is CC(c1nc2ccc(C(F)(F)F)cc2[nH]1)[C@H]1CC[C@H](c2ccnc3ccc(F)cc32)CC1. The van der Waals surface area contributed by atoms with Gasteiger partial charge in [0.1, 0.15) is 11.6 Å². The van der Waals surface area contributed by atoms with E-state index in [2.05, 4.69) is 21.9 Å². The molecule has 0 aliphatic heterocycles. The van der Waals surface area contributed by atoms with Gasteiger partial charge in [0, 0.05) is 17.5 Å². The smallest absolute Gasteiger partial charge is 0.342 e. The van der Waals surface area contributed by atoms with Crippen molar-refractivity contribution in [2.75, 3.05) is 0 Å². The van der Waals surface area contributed by atoms with E-state index in [1.54, 1.807) is 18.3 Å². The first kappa shape index (κ1) is 20.9. The normalized spacial score (nSPS) is 20.7. The van der Waals surface area contributed by atoms with E-state index in [0.29, 0.717) is 22.9 Å². The number of nitrogens with one attached hydrogen (secondary N) is 1. The van der Waals surface area contributed by atoms with Crippen molar-refractivity contribution in [1.29, 1.82) is 0 Å². The van der Waals surface area contributed by atoms with Crippen LogP contribution in [0, 0.1) is 11.7 Å². The molecule has 32 heavy (non-hydrogen) atoms. The van der Waals surface area contributed by atoms with E-state index < -0.39 is 11.7 Å². The van der Waals surface area contributed by atoms with Gasteiger partial charge in [0.05, 0.1) is 22.1 Å². The van der Waals surface area contributed by atoms with Gasteiger partial charge in [-0.3, -0.25) is 4.98 Å². The highest BCUT2D eigenvalue weighted by atomic mass is 19.4. The summed E-state index contributed by atoms with van der Waals surface area (Å²) in [6, 6.07) is 10.3. The molecule has 1 atom stereocenters. The van der Waals surface area contributed by atoms with Crippen LogP contribution in [0.4, 0.5) is 17.6 Å². The summed E-state index contributed by atoms with van der Waals surface area (Å²) in [6.45, 7) is 2.09. The number of pyridine rings is 1. The van der Waals surface area contributed by atoms with E-state index in [-0.39, 0.29) is 11.7 Å². The minimum atomic E-state index is -4.37. The van der Waals surface area contributed by atoms with Gasteiger partial charge < -0.3 is 4.98 Å². The van der Waals surface area contributed by atoms with Gasteiger partial charge in [-0.2, -0.15) is 13.2 Å². The average molecular weight is 441 g/mol. The van der Waals surface area contributed by atoms with Crippen molar-refractivity contribution in [3.63, 3.8) is 0 Å². The average Bonchev–Trinajstić information content (AvgIpc) is 3.21. The topological polar surface area (TPSA) is 41.6 Å². The molecule has 1 saturated carbocycles. The summed E-state index contributed by atoms with van der Waals surface area (Å²) in [5.74, 6) is 1.32. The fraction of sp³-hybridized carbons (Fsp3) is 0.360. The second kappa shape index (κ2) is 7.87. The number of benzene rings is 2. The van der Waals surface area contributed by atoms with Gasteiger partial charge in [0.2, 0.25) is 0 Å². The monoisotopic (exact) mass is 441 g/mol. The molecule has 7 heteroatoms. The molecule has 2 aromatic carbocycles. The predicted molar refractivity (Wildman–Crippen MR) is 116 cm³/mol. The lowest BCUT2D eigenvalue weighted by atomic mass is 9.73. The van der Waals surface area contributed by atoms with Crippen LogP contribution in [-0.4, -0.2) is 15.0 Å². The Labute approximate surface area is 182 Å². The standard InChI is InChI=1S/C25H23F4N3/c1-14(24-31-22-8-6-17(25(27,28)29)12-23(22)32-24)15-2-4-16(5-3-15)19-10-11-30-21-9-7-18(26)13-20(19)21/h6-16H,2-5H2,1H3,(H,31,32)/t14?,15-,16-. The van der Waals surface area contributed by atoms with E-state index in [1.165, 1.54) is 12.1 Å². The molecular formula is C25H23F4N3. The molecule has 2 heterocycles. The van der Waals surface area contributed by atoms with Gasteiger partial charge in [-0.25, -0.2) is 9.37 Å². The van der Waals surface area contributed by atoms with Crippen LogP contribution >= 0.6 is 0 Å². The first-order chi connectivity index (χ1) is 15.3. The Hall–Kier alpha value is -2.96. The third-order valence-electron chi connectivity index (χ3n) is 6.91. The number of halogens is 4. The van der Waals surface area contributed by atoms with Gasteiger partial charge in [-0.15, -0.1) is 0 Å². The minimum absolute atomic E-state index is 0.115. The van der Waals surface area contributed by atoms with Crippen LogP contribution in [0.25, 0.3) is 21.9 Å². The van der Waals surface area contributed by atoms with Crippen molar-refractivity contribution >= 4 is 21.9 Å². The van der Waals surface area contributed by atoms with Crippen molar-refractivity contribution < 1.29 is 17.6 Å². The highest BCUT2D eigenvalue weighted by Crippen LogP contribution is 2.43. The maximum Gasteiger partial charge on any atom is 0.416 e. The zero-order valence-electron chi connectivity index (χ0n) is 17.6. The number of aromatic nitrogens is 3. The molecule has 0 saturated heterocycles. The summed E-state index contributed by atoms with van der Waals surface area (Å²) in [5.41, 5.74) is 2.25. The summed E-state index contributed by atoms with van der Waals surface area (Å²) in [4.78, 5) is 12.0. The molecule has 0 bridgehead atoms. The van der Waals surface area contributed by atoms with E-state index in [9.17, 15) is 17.6 Å². The predicted octanol–water partition coefficient (Wildman–Crippen LogP) is 7.35. The second-order valence-electron chi connectivity index (χ2n) is 8.81. The molecule has 5 rings (SSSR count). The largest absolute Gasteiger partial charge is 0.416 e. The fourth-order valence-electron chi connectivity index (χ4n) is 5.07. The van der Waals surface area contributed by atoms with E-state index in [4.69, 9.17) is 0 Å². The molecule has 0 amide bonds. The Bertz CT molecular complexity index is 1270. The van der Waals surface area contributed by atoms with Gasteiger partial charge in [0.25, 0.3) is 0 Å². The first-order valence-corrected chi connectivity index (χ1v) is 10.9. The Balaban J connectivity index is 1.33. The van der Waals surface area contributed by atoms with E-state index in [1.807, 2.05) is 6.07 Å². The number of nitrogens with zero attached hydrogens (tertiary/aromatic N) is 2. The molecule has 0 radical (unpaired) electrons. The molecule has 3 nitrogen and oxygen atoms in total. The molecule has 1 unspecified atom stereocenters. The molecular weight excluding hydrogens is 418 g/mol. The van der Waals surface area contributed by atoms with Crippen molar-refractivity contribution in [2.45, 2.75) is 50.6 Å². The zero-order valence-corrected chi connectivity index (χ0v) is 17.6. The first-order valence-electron chi connectivity index (χ1n) is 10.9. The fourth-order valence-corrected chi connectivity index (χ4v) is 5.07. The van der Waals surface area contributed by atoms with Gasteiger partial charge in [-0.05, 0) is 85.5 Å². The Kier molecular flexibility index (Phi) is 5.14. The van der Waals surface area contributed by atoms with E-state index >= 15 is 0 Å². The van der Waals surface area contributed by atoms with E-state index in [0.717, 1.165) is 60.1 Å². The minimum Gasteiger partial charge on any atom is -0.342 e. The summed E-state index contributed by atoms with van der Waals surface area (Å²) in [5, 5.41) is 0.877. The number of rotatable bonds is 3. The van der Waals surface area contributed by atoms with Crippen LogP contribution in [0.2, 0.25) is 0 Å². The Morgan fingerprint density at radius 3 is 2.47 bits per heavy atom. The molecule has 2 aromatic heterocycles. The highest BCUT2D eigenvalue weighted by molar-refractivity contribution is 5.82. The number of H-pyrrole nitrogens is 1. The van der Waals surface area contributed by atoms with Crippen LogP contribution in [0.1, 0.15) is 61.4 Å². The lowest BCUT2D eigenvalue weighted by Crippen LogP contribution is -2.19. The third kappa shape index (κ3) is 3.85. The maximum atomic E-state index is 13.8. The van der Waals surface area contributed by atoms with Crippen LogP contribution in [-0.2, 0) is 6.18 Å². The molecule has 1 N–H and O–H groups in total. The van der Waals surface area contributed by atoms with Crippen molar-refractivity contribution in [1.82, 2.24) is 15.0 Å². The summed E-state index contributed by atoms with van der Waals surface area (Å²) in [6.07, 6.45) is 1.33. The Morgan fingerprint density at radius 1 is 0.969 bits per heavy atom. The molecule has 1 aliphatic carbocycles. The summed E-state index contributed by atoms with van der Waals surface area (Å²) in [7, 11) is 0. The number of hydrogen-bond acceptors (Lipinski definition) is 2. The molecule has 166 valence electrons. The van der Waals surface area contributed by atoms with Crippen LogP contribution in [0.3, 0.4) is 0 Å². The quantitative estimate of drug-likeness (QED) is 0.338. The summed E-state index contributed by atoms with van der Waals surface area (Å²) >= 11 is 0. The number of alkyl halides is 3. The highest BCUT2D eigenvalue weighted by Gasteiger charge is 2.32. The summed E-state index contributed by atoms with van der Waals surface area (Å²) < 4.78 is 52.8. The van der Waals surface area contributed by atoms with Gasteiger partial charge >= 0.3 is 6.18 Å². The molecule has 1 fully saturated rings. The van der Waals surface area contributed by atoms with Crippen molar-refractivity contribution in [3.8, 4) is 0 Å². The number of hydrogen-bond donors (Lipinski definition) is 1. The van der Waals surface area contributed by atoms with Crippen molar-refractivity contribution in [2.24, 2.45) is 5.92 Å². The van der Waals surface area contributed by atoms with Crippen LogP contribution in [0.15, 0.2) is 48.7 Å². The molecule has 1 aliphatic rings. The maximum absolute atomic E-state index is 13.8. The number of aromatic amines is 1. The second-order valence-corrected chi connectivity index (χ2v) is 8.81. The third-order valence-corrected chi connectivity index (χ3v) is 6.91.